The van der Waals surface area contributed by atoms with Crippen LogP contribution in [-0.4, -0.2) is 40.6 Å². The third kappa shape index (κ3) is 3.18. The zero-order chi connectivity index (χ0) is 17.6. The number of sulfonamides is 1. The van der Waals surface area contributed by atoms with Crippen molar-refractivity contribution in [1.29, 1.82) is 0 Å². The molecule has 1 aromatic carbocycles. The highest BCUT2D eigenvalue weighted by Crippen LogP contribution is 2.40. The Morgan fingerprint density at radius 1 is 1.00 bits per heavy atom. The molecule has 2 aliphatic rings. The van der Waals surface area contributed by atoms with Gasteiger partial charge in [-0.1, -0.05) is 0 Å². The number of rotatable bonds is 4. The summed E-state index contributed by atoms with van der Waals surface area (Å²) in [5, 5.41) is 8.18. The lowest BCUT2D eigenvalue weighted by Gasteiger charge is -2.32. The Balaban J connectivity index is 1.50. The van der Waals surface area contributed by atoms with E-state index in [0.717, 1.165) is 30.8 Å². The van der Waals surface area contributed by atoms with Gasteiger partial charge in [-0.25, -0.2) is 17.2 Å². The maximum absolute atomic E-state index is 13.4. The molecule has 25 heavy (non-hydrogen) atoms. The molecule has 1 saturated carbocycles. The summed E-state index contributed by atoms with van der Waals surface area (Å²) < 4.78 is 55.3. The molecule has 0 N–H and O–H groups in total. The largest absolute Gasteiger partial charge is 0.314 e. The fourth-order valence-corrected chi connectivity index (χ4v) is 4.87. The van der Waals surface area contributed by atoms with E-state index in [1.807, 2.05) is 0 Å². The number of hydrogen-bond donors (Lipinski definition) is 0. The molecule has 6 nitrogen and oxygen atoms in total. The van der Waals surface area contributed by atoms with Crippen molar-refractivity contribution in [3.05, 3.63) is 42.0 Å². The van der Waals surface area contributed by atoms with Crippen molar-refractivity contribution < 1.29 is 17.2 Å². The molecule has 0 spiro atoms. The van der Waals surface area contributed by atoms with Crippen molar-refractivity contribution in [1.82, 2.24) is 19.1 Å². The molecule has 0 amide bonds. The Labute approximate surface area is 144 Å². The third-order valence-corrected chi connectivity index (χ3v) is 6.71. The van der Waals surface area contributed by atoms with E-state index in [9.17, 15) is 17.2 Å². The lowest BCUT2D eigenvalue weighted by atomic mass is 10.1. The Hall–Kier alpha value is -1.87. The summed E-state index contributed by atoms with van der Waals surface area (Å²) in [7, 11) is -3.90. The van der Waals surface area contributed by atoms with Crippen molar-refractivity contribution in [2.24, 2.45) is 0 Å². The number of benzene rings is 1. The van der Waals surface area contributed by atoms with Crippen LogP contribution in [0, 0.1) is 11.6 Å². The molecule has 0 atom stereocenters. The molecule has 1 aliphatic carbocycles. The SMILES string of the molecule is O=S(=O)(c1cc(F)cc(F)c1)N1CCC(n2cnnc2C2CC2)CC1. The molecular formula is C16H18F2N4O2S. The highest BCUT2D eigenvalue weighted by molar-refractivity contribution is 7.89. The Morgan fingerprint density at radius 3 is 2.24 bits per heavy atom. The highest BCUT2D eigenvalue weighted by Gasteiger charge is 2.34. The number of hydrogen-bond acceptors (Lipinski definition) is 4. The van der Waals surface area contributed by atoms with Gasteiger partial charge < -0.3 is 4.57 Å². The average Bonchev–Trinajstić information content (AvgIpc) is 3.31. The van der Waals surface area contributed by atoms with Gasteiger partial charge in [-0.15, -0.1) is 10.2 Å². The van der Waals surface area contributed by atoms with Gasteiger partial charge in [-0.3, -0.25) is 0 Å². The molecule has 2 fully saturated rings. The van der Waals surface area contributed by atoms with Gasteiger partial charge in [0.2, 0.25) is 10.0 Å². The second-order valence-corrected chi connectivity index (χ2v) is 8.55. The lowest BCUT2D eigenvalue weighted by molar-refractivity contribution is 0.270. The first-order chi connectivity index (χ1) is 11.9. The van der Waals surface area contributed by atoms with Crippen molar-refractivity contribution >= 4 is 10.0 Å². The van der Waals surface area contributed by atoms with E-state index in [1.54, 1.807) is 6.33 Å². The first-order valence-corrected chi connectivity index (χ1v) is 9.75. The minimum atomic E-state index is -3.90. The summed E-state index contributed by atoms with van der Waals surface area (Å²) in [6.45, 7) is 0.598. The second-order valence-electron chi connectivity index (χ2n) is 6.61. The molecule has 1 aliphatic heterocycles. The minimum absolute atomic E-state index is 0.154. The standard InChI is InChI=1S/C16H18F2N4O2S/c17-12-7-13(18)9-15(8-12)25(23,24)21-5-3-14(4-6-21)22-10-19-20-16(22)11-1-2-11/h7-11,14H,1-6H2. The number of nitrogens with zero attached hydrogens (tertiary/aromatic N) is 4. The molecule has 9 heteroatoms. The summed E-state index contributed by atoms with van der Waals surface area (Å²) >= 11 is 0. The molecule has 0 unspecified atom stereocenters. The van der Waals surface area contributed by atoms with E-state index in [0.29, 0.717) is 37.9 Å². The molecule has 2 aromatic rings. The van der Waals surface area contributed by atoms with Gasteiger partial charge in [0.15, 0.2) is 0 Å². The van der Waals surface area contributed by atoms with E-state index >= 15 is 0 Å². The molecule has 0 bridgehead atoms. The van der Waals surface area contributed by atoms with Gasteiger partial charge in [-0.2, -0.15) is 4.31 Å². The van der Waals surface area contributed by atoms with Crippen LogP contribution in [0.15, 0.2) is 29.4 Å². The fraction of sp³-hybridized carbons (Fsp3) is 0.500. The monoisotopic (exact) mass is 368 g/mol. The van der Waals surface area contributed by atoms with Crippen LogP contribution < -0.4 is 0 Å². The predicted molar refractivity (Wildman–Crippen MR) is 85.4 cm³/mol. The van der Waals surface area contributed by atoms with E-state index in [-0.39, 0.29) is 10.9 Å². The smallest absolute Gasteiger partial charge is 0.243 e. The van der Waals surface area contributed by atoms with Crippen molar-refractivity contribution in [2.45, 2.75) is 42.5 Å². The number of aromatic nitrogens is 3. The van der Waals surface area contributed by atoms with Crippen LogP contribution in [0.2, 0.25) is 0 Å². The number of halogens is 2. The van der Waals surface area contributed by atoms with Gasteiger partial charge in [0.05, 0.1) is 4.90 Å². The highest BCUT2D eigenvalue weighted by atomic mass is 32.2. The molecule has 1 aromatic heterocycles. The second kappa shape index (κ2) is 6.14. The molecule has 134 valence electrons. The van der Waals surface area contributed by atoms with Crippen molar-refractivity contribution in [3.8, 4) is 0 Å². The van der Waals surface area contributed by atoms with E-state index in [1.165, 1.54) is 4.31 Å². The Bertz CT molecular complexity index is 867. The van der Waals surface area contributed by atoms with Crippen LogP contribution in [-0.2, 0) is 10.0 Å². The van der Waals surface area contributed by atoms with Gasteiger partial charge in [0, 0.05) is 31.1 Å². The predicted octanol–water partition coefficient (Wildman–Crippen LogP) is 2.46. The first kappa shape index (κ1) is 16.6. The summed E-state index contributed by atoms with van der Waals surface area (Å²) in [5.41, 5.74) is 0. The summed E-state index contributed by atoms with van der Waals surface area (Å²) in [6.07, 6.45) is 5.20. The van der Waals surface area contributed by atoms with E-state index in [4.69, 9.17) is 0 Å². The van der Waals surface area contributed by atoms with Crippen molar-refractivity contribution in [3.63, 3.8) is 0 Å². The summed E-state index contributed by atoms with van der Waals surface area (Å²) in [5.74, 6) is -0.341. The van der Waals surface area contributed by atoms with Crippen molar-refractivity contribution in [2.75, 3.05) is 13.1 Å². The zero-order valence-electron chi connectivity index (χ0n) is 13.5. The molecule has 1 saturated heterocycles. The van der Waals surface area contributed by atoms with Crippen LogP contribution in [0.5, 0.6) is 0 Å². The van der Waals surface area contributed by atoms with Gasteiger partial charge >= 0.3 is 0 Å². The Kier molecular flexibility index (Phi) is 4.07. The van der Waals surface area contributed by atoms with Crippen LogP contribution in [0.25, 0.3) is 0 Å². The topological polar surface area (TPSA) is 68.1 Å². The van der Waals surface area contributed by atoms with Gasteiger partial charge in [0.25, 0.3) is 0 Å². The van der Waals surface area contributed by atoms with E-state index < -0.39 is 21.7 Å². The zero-order valence-corrected chi connectivity index (χ0v) is 14.3. The molecule has 4 rings (SSSR count). The average molecular weight is 368 g/mol. The summed E-state index contributed by atoms with van der Waals surface area (Å²) in [4.78, 5) is -0.341. The maximum Gasteiger partial charge on any atom is 0.243 e. The third-order valence-electron chi connectivity index (χ3n) is 4.83. The van der Waals surface area contributed by atoms with Crippen LogP contribution in [0.4, 0.5) is 8.78 Å². The van der Waals surface area contributed by atoms with Gasteiger partial charge in [-0.05, 0) is 37.8 Å². The quantitative estimate of drug-likeness (QED) is 0.831. The maximum atomic E-state index is 13.4. The van der Waals surface area contributed by atoms with E-state index in [2.05, 4.69) is 14.8 Å². The molecule has 2 heterocycles. The van der Waals surface area contributed by atoms with Gasteiger partial charge in [0.1, 0.15) is 23.8 Å². The Morgan fingerprint density at radius 2 is 1.64 bits per heavy atom. The van der Waals surface area contributed by atoms with Crippen LogP contribution in [0.3, 0.4) is 0 Å². The molecular weight excluding hydrogens is 350 g/mol. The normalized spacial score (nSPS) is 20.1. The fourth-order valence-electron chi connectivity index (χ4n) is 3.35. The van der Waals surface area contributed by atoms with Crippen LogP contribution in [0.1, 0.15) is 43.5 Å². The molecule has 0 radical (unpaired) electrons. The lowest BCUT2D eigenvalue weighted by Crippen LogP contribution is -2.39. The number of piperidine rings is 1. The summed E-state index contributed by atoms with van der Waals surface area (Å²) in [6, 6.07) is 2.53. The first-order valence-electron chi connectivity index (χ1n) is 8.31. The minimum Gasteiger partial charge on any atom is -0.314 e. The van der Waals surface area contributed by atoms with Crippen LogP contribution >= 0.6 is 0 Å².